The van der Waals surface area contributed by atoms with Crippen LogP contribution in [-0.4, -0.2) is 39.5 Å². The molecule has 0 aromatic heterocycles. The Morgan fingerprint density at radius 3 is 2.75 bits per heavy atom. The van der Waals surface area contributed by atoms with E-state index >= 15 is 0 Å². The van der Waals surface area contributed by atoms with Crippen molar-refractivity contribution in [3.63, 3.8) is 0 Å². The molecule has 0 amide bonds. The maximum absolute atomic E-state index is 13.0. The van der Waals surface area contributed by atoms with E-state index in [0.717, 1.165) is 12.1 Å². The average molecular weight is 302 g/mol. The monoisotopic (exact) mass is 302 g/mol. The normalized spacial score (nSPS) is 15.8. The SMILES string of the molecule is CN(CCOCC1CC1)S(=O)(=O)c1ccc(F)cc1N. The first kappa shape index (κ1) is 15.2. The number of nitrogens with zero attached hydrogens (tertiary/aromatic N) is 1. The van der Waals surface area contributed by atoms with Gasteiger partial charge in [-0.05, 0) is 37.0 Å². The molecule has 7 heteroatoms. The molecule has 112 valence electrons. The number of anilines is 1. The van der Waals surface area contributed by atoms with Crippen molar-refractivity contribution in [1.82, 2.24) is 4.31 Å². The molecule has 2 rings (SSSR count). The lowest BCUT2D eigenvalue weighted by atomic mass is 10.3. The molecule has 0 radical (unpaired) electrons. The molecule has 20 heavy (non-hydrogen) atoms. The van der Waals surface area contributed by atoms with Crippen molar-refractivity contribution in [2.75, 3.05) is 32.5 Å². The molecule has 1 aromatic carbocycles. The number of hydrogen-bond donors (Lipinski definition) is 1. The average Bonchev–Trinajstić information content (AvgIpc) is 3.17. The lowest BCUT2D eigenvalue weighted by molar-refractivity contribution is 0.117. The van der Waals surface area contributed by atoms with Crippen molar-refractivity contribution in [2.24, 2.45) is 5.92 Å². The number of sulfonamides is 1. The second-order valence-corrected chi connectivity index (χ2v) is 7.04. The summed E-state index contributed by atoms with van der Waals surface area (Å²) in [7, 11) is -2.25. The predicted molar refractivity (Wildman–Crippen MR) is 74.2 cm³/mol. The zero-order chi connectivity index (χ0) is 14.8. The van der Waals surface area contributed by atoms with Crippen LogP contribution in [0.1, 0.15) is 12.8 Å². The van der Waals surface area contributed by atoms with Crippen molar-refractivity contribution in [2.45, 2.75) is 17.7 Å². The number of hydrogen-bond acceptors (Lipinski definition) is 4. The highest BCUT2D eigenvalue weighted by molar-refractivity contribution is 7.89. The number of nitrogen functional groups attached to an aromatic ring is 1. The standard InChI is InChI=1S/C13H19FN2O3S/c1-16(6-7-19-9-10-2-3-10)20(17,18)13-5-4-11(14)8-12(13)15/h4-5,8,10H,2-3,6-7,9,15H2,1H3. The third-order valence-corrected chi connectivity index (χ3v) is 5.19. The van der Waals surface area contributed by atoms with E-state index in [1.807, 2.05) is 0 Å². The Bertz CT molecular complexity index is 573. The second-order valence-electron chi connectivity index (χ2n) is 5.03. The highest BCUT2D eigenvalue weighted by Crippen LogP contribution is 2.28. The molecule has 0 bridgehead atoms. The number of rotatable bonds is 7. The van der Waals surface area contributed by atoms with Gasteiger partial charge in [-0.1, -0.05) is 0 Å². The van der Waals surface area contributed by atoms with Gasteiger partial charge in [0.25, 0.3) is 0 Å². The first-order chi connectivity index (χ1) is 9.41. The van der Waals surface area contributed by atoms with Gasteiger partial charge in [0.1, 0.15) is 10.7 Å². The minimum atomic E-state index is -3.71. The lowest BCUT2D eigenvalue weighted by Gasteiger charge is -2.18. The van der Waals surface area contributed by atoms with Crippen LogP contribution in [0.5, 0.6) is 0 Å². The predicted octanol–water partition coefficient (Wildman–Crippen LogP) is 1.45. The zero-order valence-electron chi connectivity index (χ0n) is 11.4. The van der Waals surface area contributed by atoms with Gasteiger partial charge in [-0.15, -0.1) is 0 Å². The molecule has 2 N–H and O–H groups in total. The number of ether oxygens (including phenoxy) is 1. The van der Waals surface area contributed by atoms with Crippen LogP contribution in [0, 0.1) is 11.7 Å². The van der Waals surface area contributed by atoms with Crippen LogP contribution in [0.15, 0.2) is 23.1 Å². The lowest BCUT2D eigenvalue weighted by Crippen LogP contribution is -2.31. The molecule has 0 atom stereocenters. The van der Waals surface area contributed by atoms with Gasteiger partial charge in [0, 0.05) is 20.2 Å². The summed E-state index contributed by atoms with van der Waals surface area (Å²) in [5, 5.41) is 0. The van der Waals surface area contributed by atoms with Gasteiger partial charge in [-0.2, -0.15) is 4.31 Å². The Balaban J connectivity index is 1.96. The van der Waals surface area contributed by atoms with E-state index in [9.17, 15) is 12.8 Å². The first-order valence-corrected chi connectivity index (χ1v) is 7.94. The van der Waals surface area contributed by atoms with Gasteiger partial charge in [-0.3, -0.25) is 0 Å². The summed E-state index contributed by atoms with van der Waals surface area (Å²) in [6.07, 6.45) is 2.39. The molecule has 0 saturated heterocycles. The van der Waals surface area contributed by atoms with Crippen LogP contribution in [0.25, 0.3) is 0 Å². The number of benzene rings is 1. The Labute approximate surface area is 118 Å². The van der Waals surface area contributed by atoms with Gasteiger partial charge < -0.3 is 10.5 Å². The smallest absolute Gasteiger partial charge is 0.244 e. The second kappa shape index (κ2) is 6.07. The van der Waals surface area contributed by atoms with Crippen molar-refractivity contribution < 1.29 is 17.5 Å². The molecule has 0 spiro atoms. The topological polar surface area (TPSA) is 72.6 Å². The third-order valence-electron chi connectivity index (χ3n) is 3.26. The maximum atomic E-state index is 13.0. The number of nitrogens with two attached hydrogens (primary N) is 1. The van der Waals surface area contributed by atoms with Gasteiger partial charge >= 0.3 is 0 Å². The minimum absolute atomic E-state index is 0.0800. The van der Waals surface area contributed by atoms with Crippen molar-refractivity contribution in [3.05, 3.63) is 24.0 Å². The molecular weight excluding hydrogens is 283 g/mol. The molecule has 1 aliphatic carbocycles. The minimum Gasteiger partial charge on any atom is -0.398 e. The number of halogens is 1. The fourth-order valence-electron chi connectivity index (χ4n) is 1.77. The van der Waals surface area contributed by atoms with Crippen LogP contribution in [0.2, 0.25) is 0 Å². The van der Waals surface area contributed by atoms with Crippen LogP contribution in [-0.2, 0) is 14.8 Å². The molecule has 1 fully saturated rings. The highest BCUT2D eigenvalue weighted by atomic mass is 32.2. The third kappa shape index (κ3) is 3.68. The fraction of sp³-hybridized carbons (Fsp3) is 0.538. The summed E-state index contributed by atoms with van der Waals surface area (Å²) in [6, 6.07) is 3.27. The summed E-state index contributed by atoms with van der Waals surface area (Å²) in [6.45, 7) is 1.27. The van der Waals surface area contributed by atoms with Gasteiger partial charge in [0.05, 0.1) is 12.3 Å². The van der Waals surface area contributed by atoms with Crippen LogP contribution >= 0.6 is 0 Å². The summed E-state index contributed by atoms with van der Waals surface area (Å²) < 4.78 is 44.1. The van der Waals surface area contributed by atoms with Crippen molar-refractivity contribution in [3.8, 4) is 0 Å². The molecular formula is C13H19FN2O3S. The Morgan fingerprint density at radius 2 is 2.15 bits per heavy atom. The van der Waals surface area contributed by atoms with Crippen molar-refractivity contribution in [1.29, 1.82) is 0 Å². The Hall–Kier alpha value is -1.18. The zero-order valence-corrected chi connectivity index (χ0v) is 12.2. The van der Waals surface area contributed by atoms with Gasteiger partial charge in [0.15, 0.2) is 0 Å². The van der Waals surface area contributed by atoms with E-state index in [4.69, 9.17) is 10.5 Å². The molecule has 1 saturated carbocycles. The quantitative estimate of drug-likeness (QED) is 0.611. The summed E-state index contributed by atoms with van der Waals surface area (Å²) in [5.41, 5.74) is 5.48. The van der Waals surface area contributed by atoms with E-state index in [-0.39, 0.29) is 17.1 Å². The van der Waals surface area contributed by atoms with Gasteiger partial charge in [-0.25, -0.2) is 12.8 Å². The van der Waals surface area contributed by atoms with Crippen LogP contribution < -0.4 is 5.73 Å². The highest BCUT2D eigenvalue weighted by Gasteiger charge is 2.24. The van der Waals surface area contributed by atoms with E-state index in [2.05, 4.69) is 0 Å². The molecule has 5 nitrogen and oxygen atoms in total. The summed E-state index contributed by atoms with van der Waals surface area (Å²) >= 11 is 0. The Morgan fingerprint density at radius 1 is 1.45 bits per heavy atom. The van der Waals surface area contributed by atoms with E-state index < -0.39 is 15.8 Å². The number of likely N-dealkylation sites (N-methyl/N-ethyl adjacent to an activating group) is 1. The molecule has 1 aliphatic rings. The molecule has 0 heterocycles. The molecule has 0 unspecified atom stereocenters. The van der Waals surface area contributed by atoms with Gasteiger partial charge in [0.2, 0.25) is 10.0 Å². The maximum Gasteiger partial charge on any atom is 0.244 e. The van der Waals surface area contributed by atoms with Crippen LogP contribution in [0.3, 0.4) is 0 Å². The summed E-state index contributed by atoms with van der Waals surface area (Å²) in [5.74, 6) is 0.0847. The molecule has 0 aliphatic heterocycles. The van der Waals surface area contributed by atoms with Crippen molar-refractivity contribution >= 4 is 15.7 Å². The summed E-state index contributed by atoms with van der Waals surface area (Å²) in [4.78, 5) is -0.0800. The van der Waals surface area contributed by atoms with E-state index in [1.165, 1.54) is 30.3 Å². The Kier molecular flexibility index (Phi) is 4.62. The first-order valence-electron chi connectivity index (χ1n) is 6.50. The largest absolute Gasteiger partial charge is 0.398 e. The van der Waals surface area contributed by atoms with E-state index in [1.54, 1.807) is 0 Å². The van der Waals surface area contributed by atoms with Crippen LogP contribution in [0.4, 0.5) is 10.1 Å². The molecule has 1 aromatic rings. The van der Waals surface area contributed by atoms with E-state index in [0.29, 0.717) is 19.1 Å². The fourth-order valence-corrected chi connectivity index (χ4v) is 3.02.